The average molecular weight is 266 g/mol. The van der Waals surface area contributed by atoms with Crippen molar-refractivity contribution in [2.75, 3.05) is 0 Å². The highest BCUT2D eigenvalue weighted by atomic mass is 16.5. The first-order valence-corrected chi connectivity index (χ1v) is 7.96. The molecule has 0 aromatic rings. The van der Waals surface area contributed by atoms with Gasteiger partial charge in [0.25, 0.3) is 0 Å². The zero-order valence-corrected chi connectivity index (χ0v) is 12.2. The lowest BCUT2D eigenvalue weighted by Crippen LogP contribution is -2.37. The van der Waals surface area contributed by atoms with Crippen molar-refractivity contribution in [2.24, 2.45) is 35.5 Å². The molecule has 3 heteroatoms. The second-order valence-corrected chi connectivity index (χ2v) is 6.87. The summed E-state index contributed by atoms with van der Waals surface area (Å²) in [5.41, 5.74) is 0. The van der Waals surface area contributed by atoms with E-state index in [4.69, 9.17) is 4.74 Å². The number of hydrogen-bond acceptors (Lipinski definition) is 2. The predicted octanol–water partition coefficient (Wildman–Crippen LogP) is 3.18. The first kappa shape index (κ1) is 13.4. The summed E-state index contributed by atoms with van der Waals surface area (Å²) >= 11 is 0. The van der Waals surface area contributed by atoms with Crippen LogP contribution in [0.3, 0.4) is 0 Å². The molecule has 19 heavy (non-hydrogen) atoms. The monoisotopic (exact) mass is 266 g/mol. The molecule has 2 saturated carbocycles. The van der Waals surface area contributed by atoms with Crippen LogP contribution in [0, 0.1) is 35.5 Å². The number of carboxylic acid groups (broad SMARTS) is 1. The summed E-state index contributed by atoms with van der Waals surface area (Å²) in [6.45, 7) is 6.33. The molecule has 0 aromatic carbocycles. The van der Waals surface area contributed by atoms with E-state index < -0.39 is 5.97 Å². The van der Waals surface area contributed by atoms with E-state index in [9.17, 15) is 9.90 Å². The Balaban J connectivity index is 1.82. The summed E-state index contributed by atoms with van der Waals surface area (Å²) in [4.78, 5) is 11.3. The van der Waals surface area contributed by atoms with E-state index in [1.165, 1.54) is 6.42 Å². The number of hydrogen-bond donors (Lipinski definition) is 1. The molecule has 0 radical (unpaired) electrons. The predicted molar refractivity (Wildman–Crippen MR) is 72.7 cm³/mol. The maximum atomic E-state index is 11.3. The van der Waals surface area contributed by atoms with Crippen LogP contribution in [0.4, 0.5) is 0 Å². The normalized spacial score (nSPS) is 49.3. The molecule has 2 bridgehead atoms. The largest absolute Gasteiger partial charge is 0.481 e. The molecule has 0 amide bonds. The molecular formula is C16H26O3. The van der Waals surface area contributed by atoms with E-state index in [2.05, 4.69) is 13.8 Å². The van der Waals surface area contributed by atoms with Gasteiger partial charge >= 0.3 is 5.97 Å². The van der Waals surface area contributed by atoms with Gasteiger partial charge in [0.15, 0.2) is 0 Å². The Morgan fingerprint density at radius 1 is 1.21 bits per heavy atom. The summed E-state index contributed by atoms with van der Waals surface area (Å²) < 4.78 is 6.25. The standard InChI is InChI=1S/C16H26O3/c1-4-12-14-9-6-10(8(3)16(17)18)11(7-9)15(14)13(5-2)19-12/h8-15H,4-7H2,1-3H3,(H,17,18). The van der Waals surface area contributed by atoms with E-state index in [-0.39, 0.29) is 5.92 Å². The minimum atomic E-state index is -0.617. The van der Waals surface area contributed by atoms with Crippen LogP contribution in [0.2, 0.25) is 0 Å². The molecule has 1 N–H and O–H groups in total. The number of carbonyl (C=O) groups is 1. The number of aliphatic carboxylic acids is 1. The van der Waals surface area contributed by atoms with Crippen molar-refractivity contribution in [1.82, 2.24) is 0 Å². The highest BCUT2D eigenvalue weighted by Crippen LogP contribution is 2.63. The summed E-state index contributed by atoms with van der Waals surface area (Å²) in [5.74, 6) is 2.27. The first-order valence-electron chi connectivity index (χ1n) is 7.96. The van der Waals surface area contributed by atoms with Gasteiger partial charge in [-0.2, -0.15) is 0 Å². The fourth-order valence-electron chi connectivity index (χ4n) is 5.48. The van der Waals surface area contributed by atoms with Gasteiger partial charge in [0.1, 0.15) is 0 Å². The lowest BCUT2D eigenvalue weighted by atomic mass is 9.67. The fraction of sp³-hybridized carbons (Fsp3) is 0.938. The van der Waals surface area contributed by atoms with E-state index in [0.29, 0.717) is 30.0 Å². The second-order valence-electron chi connectivity index (χ2n) is 6.87. The molecule has 3 aliphatic rings. The topological polar surface area (TPSA) is 46.5 Å². The van der Waals surface area contributed by atoms with Crippen LogP contribution in [0.1, 0.15) is 46.5 Å². The SMILES string of the molecule is CCC1OC(CC)C2C3CC(CC3C(C)C(=O)O)C12. The van der Waals surface area contributed by atoms with Crippen LogP contribution in [-0.2, 0) is 9.53 Å². The van der Waals surface area contributed by atoms with Gasteiger partial charge in [0.05, 0.1) is 18.1 Å². The van der Waals surface area contributed by atoms with E-state index in [1.807, 2.05) is 6.92 Å². The fourth-order valence-corrected chi connectivity index (χ4v) is 5.48. The van der Waals surface area contributed by atoms with Gasteiger partial charge in [-0.1, -0.05) is 20.8 Å². The molecular weight excluding hydrogens is 240 g/mol. The second kappa shape index (κ2) is 4.76. The molecule has 0 aromatic heterocycles. The molecule has 0 spiro atoms. The van der Waals surface area contributed by atoms with Crippen LogP contribution in [0.25, 0.3) is 0 Å². The Hall–Kier alpha value is -0.570. The third-order valence-electron chi connectivity index (χ3n) is 6.23. The molecule has 1 heterocycles. The average Bonchev–Trinajstić information content (AvgIpc) is 3.06. The summed E-state index contributed by atoms with van der Waals surface area (Å²) in [6, 6.07) is 0. The molecule has 3 nitrogen and oxygen atoms in total. The first-order chi connectivity index (χ1) is 9.08. The van der Waals surface area contributed by atoms with Crippen molar-refractivity contribution >= 4 is 5.97 Å². The minimum Gasteiger partial charge on any atom is -0.481 e. The van der Waals surface area contributed by atoms with Crippen molar-refractivity contribution < 1.29 is 14.6 Å². The van der Waals surface area contributed by atoms with E-state index in [0.717, 1.165) is 31.1 Å². The molecule has 1 aliphatic heterocycles. The van der Waals surface area contributed by atoms with E-state index >= 15 is 0 Å². The van der Waals surface area contributed by atoms with Crippen molar-refractivity contribution in [3.8, 4) is 0 Å². The van der Waals surface area contributed by atoms with Gasteiger partial charge < -0.3 is 9.84 Å². The smallest absolute Gasteiger partial charge is 0.306 e. The minimum absolute atomic E-state index is 0.186. The third-order valence-corrected chi connectivity index (χ3v) is 6.23. The Morgan fingerprint density at radius 3 is 2.42 bits per heavy atom. The third kappa shape index (κ3) is 1.84. The highest BCUT2D eigenvalue weighted by molar-refractivity contribution is 5.70. The molecule has 2 aliphatic carbocycles. The zero-order valence-electron chi connectivity index (χ0n) is 12.2. The molecule has 3 fully saturated rings. The van der Waals surface area contributed by atoms with Crippen molar-refractivity contribution in [3.63, 3.8) is 0 Å². The van der Waals surface area contributed by atoms with Crippen LogP contribution >= 0.6 is 0 Å². The van der Waals surface area contributed by atoms with Crippen LogP contribution in [0.5, 0.6) is 0 Å². The van der Waals surface area contributed by atoms with Crippen molar-refractivity contribution in [3.05, 3.63) is 0 Å². The van der Waals surface area contributed by atoms with E-state index in [1.54, 1.807) is 0 Å². The molecule has 8 atom stereocenters. The maximum Gasteiger partial charge on any atom is 0.306 e. The maximum absolute atomic E-state index is 11.3. The molecule has 108 valence electrons. The Kier molecular flexibility index (Phi) is 3.36. The lowest BCUT2D eigenvalue weighted by Gasteiger charge is -2.35. The molecule has 1 saturated heterocycles. The summed E-state index contributed by atoms with van der Waals surface area (Å²) in [6.07, 6.45) is 5.39. The van der Waals surface area contributed by atoms with Gasteiger partial charge in [-0.15, -0.1) is 0 Å². The van der Waals surface area contributed by atoms with Gasteiger partial charge in [-0.25, -0.2) is 0 Å². The Labute approximate surface area is 115 Å². The van der Waals surface area contributed by atoms with Gasteiger partial charge in [-0.05, 0) is 55.3 Å². The van der Waals surface area contributed by atoms with Crippen molar-refractivity contribution in [1.29, 1.82) is 0 Å². The van der Waals surface area contributed by atoms with Crippen LogP contribution < -0.4 is 0 Å². The highest BCUT2D eigenvalue weighted by Gasteiger charge is 2.61. The van der Waals surface area contributed by atoms with Gasteiger partial charge in [0, 0.05) is 0 Å². The molecule has 3 rings (SSSR count). The Morgan fingerprint density at radius 2 is 1.84 bits per heavy atom. The van der Waals surface area contributed by atoms with Gasteiger partial charge in [0.2, 0.25) is 0 Å². The number of fused-ring (bicyclic) bond motifs is 5. The number of ether oxygens (including phenoxy) is 1. The summed E-state index contributed by atoms with van der Waals surface area (Å²) in [7, 11) is 0. The van der Waals surface area contributed by atoms with Crippen molar-refractivity contribution in [2.45, 2.75) is 58.7 Å². The Bertz CT molecular complexity index is 367. The van der Waals surface area contributed by atoms with Crippen LogP contribution in [0.15, 0.2) is 0 Å². The van der Waals surface area contributed by atoms with Gasteiger partial charge in [-0.3, -0.25) is 4.79 Å². The quantitative estimate of drug-likeness (QED) is 0.850. The molecule has 8 unspecified atom stereocenters. The van der Waals surface area contributed by atoms with Crippen LogP contribution in [-0.4, -0.2) is 23.3 Å². The number of rotatable bonds is 4. The number of carboxylic acids is 1. The lowest BCUT2D eigenvalue weighted by molar-refractivity contribution is -0.144. The summed E-state index contributed by atoms with van der Waals surface area (Å²) in [5, 5.41) is 9.30. The zero-order chi connectivity index (χ0) is 13.7.